The summed E-state index contributed by atoms with van der Waals surface area (Å²) in [4.78, 5) is 11.7. The van der Waals surface area contributed by atoms with E-state index in [-0.39, 0.29) is 18.0 Å². The number of aliphatic hydroxyl groups is 1. The van der Waals surface area contributed by atoms with Crippen molar-refractivity contribution in [2.45, 2.75) is 38.0 Å². The van der Waals surface area contributed by atoms with Gasteiger partial charge in [0, 0.05) is 24.6 Å². The first-order chi connectivity index (χ1) is 10.1. The highest BCUT2D eigenvalue weighted by molar-refractivity contribution is 5.76. The minimum Gasteiger partial charge on any atom is -0.491 e. The second-order valence-corrected chi connectivity index (χ2v) is 6.11. The first-order valence-electron chi connectivity index (χ1n) is 7.56. The van der Waals surface area contributed by atoms with Crippen LogP contribution in [-0.4, -0.2) is 36.2 Å². The topological polar surface area (TPSA) is 70.6 Å². The van der Waals surface area contributed by atoms with E-state index in [2.05, 4.69) is 17.6 Å². The van der Waals surface area contributed by atoms with Gasteiger partial charge in [-0.3, -0.25) is 4.79 Å². The summed E-state index contributed by atoms with van der Waals surface area (Å²) >= 11 is 0. The van der Waals surface area contributed by atoms with E-state index in [9.17, 15) is 9.90 Å². The van der Waals surface area contributed by atoms with Crippen molar-refractivity contribution in [3.63, 3.8) is 0 Å². The van der Waals surface area contributed by atoms with Crippen LogP contribution in [0.15, 0.2) is 24.3 Å². The van der Waals surface area contributed by atoms with Gasteiger partial charge in [0.25, 0.3) is 0 Å². The molecule has 1 aromatic rings. The Morgan fingerprint density at radius 2 is 2.19 bits per heavy atom. The van der Waals surface area contributed by atoms with Gasteiger partial charge in [-0.2, -0.15) is 0 Å². The molecule has 1 aromatic carbocycles. The predicted octanol–water partition coefficient (Wildman–Crippen LogP) is 0.985. The van der Waals surface area contributed by atoms with E-state index in [0.29, 0.717) is 18.9 Å². The van der Waals surface area contributed by atoms with Gasteiger partial charge in [0.15, 0.2) is 0 Å². The summed E-state index contributed by atoms with van der Waals surface area (Å²) in [6, 6.07) is 7.46. The molecule has 0 bridgehead atoms. The molecule has 3 rings (SSSR count). The zero-order valence-electron chi connectivity index (χ0n) is 12.2. The summed E-state index contributed by atoms with van der Waals surface area (Å²) in [6.45, 7) is 3.28. The Kier molecular flexibility index (Phi) is 4.12. The van der Waals surface area contributed by atoms with Crippen LogP contribution >= 0.6 is 0 Å². The van der Waals surface area contributed by atoms with E-state index in [4.69, 9.17) is 4.74 Å². The number of ether oxygens (including phenoxy) is 1. The molecule has 2 aliphatic rings. The van der Waals surface area contributed by atoms with Gasteiger partial charge < -0.3 is 20.5 Å². The molecule has 2 heterocycles. The lowest BCUT2D eigenvalue weighted by molar-refractivity contribution is -0.121. The summed E-state index contributed by atoms with van der Waals surface area (Å²) < 4.78 is 5.71. The number of benzene rings is 1. The van der Waals surface area contributed by atoms with Gasteiger partial charge in [-0.1, -0.05) is 25.1 Å². The van der Waals surface area contributed by atoms with Crippen molar-refractivity contribution >= 4 is 5.91 Å². The lowest BCUT2D eigenvalue weighted by Gasteiger charge is -2.33. The lowest BCUT2D eigenvalue weighted by atomic mass is 9.96. The Balaban J connectivity index is 1.69. The molecular formula is C16H22N2O3. The van der Waals surface area contributed by atoms with Crippen molar-refractivity contribution in [2.75, 3.05) is 13.2 Å². The molecule has 4 atom stereocenters. The largest absolute Gasteiger partial charge is 0.491 e. The van der Waals surface area contributed by atoms with Gasteiger partial charge in [-0.05, 0) is 18.4 Å². The second kappa shape index (κ2) is 6.03. The fourth-order valence-electron chi connectivity index (χ4n) is 3.15. The van der Waals surface area contributed by atoms with Crippen LogP contribution in [0.5, 0.6) is 5.75 Å². The average Bonchev–Trinajstić information content (AvgIpc) is 2.63. The zero-order chi connectivity index (χ0) is 14.8. The number of para-hydroxylation sites is 1. The molecule has 5 heteroatoms. The molecule has 1 amide bonds. The van der Waals surface area contributed by atoms with E-state index in [1.165, 1.54) is 0 Å². The van der Waals surface area contributed by atoms with Crippen LogP contribution in [0.1, 0.15) is 31.4 Å². The van der Waals surface area contributed by atoms with E-state index >= 15 is 0 Å². The number of fused-ring (bicyclic) bond motifs is 1. The number of carbonyl (C=O) groups is 1. The van der Waals surface area contributed by atoms with Crippen LogP contribution in [-0.2, 0) is 4.79 Å². The van der Waals surface area contributed by atoms with Crippen LogP contribution in [0.3, 0.4) is 0 Å². The number of amides is 1. The Morgan fingerprint density at radius 1 is 1.38 bits per heavy atom. The summed E-state index contributed by atoms with van der Waals surface area (Å²) in [5, 5.41) is 16.8. The van der Waals surface area contributed by atoms with E-state index in [1.54, 1.807) is 0 Å². The molecule has 2 aliphatic heterocycles. The monoisotopic (exact) mass is 290 g/mol. The molecule has 3 N–H and O–H groups in total. The molecule has 0 radical (unpaired) electrons. The molecular weight excluding hydrogens is 268 g/mol. The fraction of sp³-hybridized carbons (Fsp3) is 0.562. The maximum absolute atomic E-state index is 11.7. The first-order valence-corrected chi connectivity index (χ1v) is 7.56. The third-order valence-electron chi connectivity index (χ3n) is 4.25. The number of carbonyl (C=O) groups excluding carboxylic acids is 1. The average molecular weight is 290 g/mol. The van der Waals surface area contributed by atoms with Gasteiger partial charge in [-0.15, -0.1) is 0 Å². The molecule has 5 nitrogen and oxygen atoms in total. The van der Waals surface area contributed by atoms with Gasteiger partial charge in [0.2, 0.25) is 5.91 Å². The summed E-state index contributed by atoms with van der Waals surface area (Å²) in [5.41, 5.74) is 0.812. The Labute approximate surface area is 124 Å². The maximum Gasteiger partial charge on any atom is 0.221 e. The number of nitrogens with one attached hydrogen (secondary N) is 2. The highest BCUT2D eigenvalue weighted by Crippen LogP contribution is 2.32. The Hall–Kier alpha value is -1.59. The Bertz CT molecular complexity index is 520. The SMILES string of the molecule is CC1CNC(=O)CC(NC2COc3ccccc3C2O)C1. The van der Waals surface area contributed by atoms with Crippen LogP contribution < -0.4 is 15.4 Å². The smallest absolute Gasteiger partial charge is 0.221 e. The Morgan fingerprint density at radius 3 is 3.05 bits per heavy atom. The zero-order valence-corrected chi connectivity index (χ0v) is 12.2. The third kappa shape index (κ3) is 3.19. The summed E-state index contributed by atoms with van der Waals surface area (Å²) in [6.07, 6.45) is 0.773. The fourth-order valence-corrected chi connectivity index (χ4v) is 3.15. The number of hydrogen-bond donors (Lipinski definition) is 3. The van der Waals surface area contributed by atoms with E-state index in [0.717, 1.165) is 24.3 Å². The molecule has 1 fully saturated rings. The predicted molar refractivity (Wildman–Crippen MR) is 79.0 cm³/mol. The molecule has 1 saturated heterocycles. The maximum atomic E-state index is 11.7. The van der Waals surface area contributed by atoms with E-state index < -0.39 is 6.10 Å². The van der Waals surface area contributed by atoms with Crippen LogP contribution in [0.25, 0.3) is 0 Å². The lowest BCUT2D eigenvalue weighted by Crippen LogP contribution is -2.48. The van der Waals surface area contributed by atoms with Gasteiger partial charge in [0.05, 0.1) is 6.04 Å². The molecule has 114 valence electrons. The molecule has 4 unspecified atom stereocenters. The van der Waals surface area contributed by atoms with Crippen molar-refractivity contribution in [3.8, 4) is 5.75 Å². The van der Waals surface area contributed by atoms with Crippen LogP contribution in [0.4, 0.5) is 0 Å². The number of rotatable bonds is 2. The van der Waals surface area contributed by atoms with Crippen molar-refractivity contribution in [1.82, 2.24) is 10.6 Å². The van der Waals surface area contributed by atoms with Crippen LogP contribution in [0.2, 0.25) is 0 Å². The molecule has 21 heavy (non-hydrogen) atoms. The molecule has 0 spiro atoms. The van der Waals surface area contributed by atoms with Gasteiger partial charge in [0.1, 0.15) is 18.5 Å². The molecule has 0 saturated carbocycles. The van der Waals surface area contributed by atoms with Crippen molar-refractivity contribution < 1.29 is 14.6 Å². The highest BCUT2D eigenvalue weighted by Gasteiger charge is 2.32. The third-order valence-corrected chi connectivity index (χ3v) is 4.25. The number of hydrogen-bond acceptors (Lipinski definition) is 4. The summed E-state index contributed by atoms with van der Waals surface area (Å²) in [5.74, 6) is 1.25. The first kappa shape index (κ1) is 14.4. The quantitative estimate of drug-likeness (QED) is 0.759. The second-order valence-electron chi connectivity index (χ2n) is 6.11. The van der Waals surface area contributed by atoms with Crippen molar-refractivity contribution in [3.05, 3.63) is 29.8 Å². The van der Waals surface area contributed by atoms with Crippen molar-refractivity contribution in [2.24, 2.45) is 5.92 Å². The van der Waals surface area contributed by atoms with Gasteiger partial charge in [-0.25, -0.2) is 0 Å². The minimum absolute atomic E-state index is 0.0727. The molecule has 0 aromatic heterocycles. The highest BCUT2D eigenvalue weighted by atomic mass is 16.5. The van der Waals surface area contributed by atoms with Crippen molar-refractivity contribution in [1.29, 1.82) is 0 Å². The minimum atomic E-state index is -0.600. The van der Waals surface area contributed by atoms with Crippen LogP contribution in [0, 0.1) is 5.92 Å². The summed E-state index contributed by atoms with van der Waals surface area (Å²) in [7, 11) is 0. The van der Waals surface area contributed by atoms with E-state index in [1.807, 2.05) is 24.3 Å². The molecule has 0 aliphatic carbocycles. The normalized spacial score (nSPS) is 32.6. The number of aliphatic hydroxyl groups excluding tert-OH is 1. The van der Waals surface area contributed by atoms with Gasteiger partial charge >= 0.3 is 0 Å². The standard InChI is InChI=1S/C16H22N2O3/c1-10-6-11(7-15(19)17-8-10)18-13-9-21-14-5-3-2-4-12(14)16(13)20/h2-5,10-11,13,16,18,20H,6-9H2,1H3,(H,17,19).